The molecule has 0 spiro atoms. The molecule has 0 bridgehead atoms. The minimum absolute atomic E-state index is 0.342. The Bertz CT molecular complexity index is 654. The lowest BCUT2D eigenvalue weighted by atomic mass is 9.71. The van der Waals surface area contributed by atoms with E-state index in [0.29, 0.717) is 17.8 Å². The SMILES string of the molecule is CCn1cnc2c(NCC3(O)CCC(C)(C)CC3)ncnc21. The molecule has 6 nitrogen and oxygen atoms in total. The summed E-state index contributed by atoms with van der Waals surface area (Å²) in [6, 6.07) is 0. The van der Waals surface area contributed by atoms with Crippen LogP contribution in [0.4, 0.5) is 5.82 Å². The first-order valence-electron chi connectivity index (χ1n) is 8.05. The molecule has 0 unspecified atom stereocenters. The van der Waals surface area contributed by atoms with E-state index >= 15 is 0 Å². The van der Waals surface area contributed by atoms with Crippen molar-refractivity contribution in [1.29, 1.82) is 0 Å². The molecule has 6 heteroatoms. The second-order valence-electron chi connectivity index (χ2n) is 7.17. The molecule has 1 fully saturated rings. The maximum absolute atomic E-state index is 10.8. The second-order valence-corrected chi connectivity index (χ2v) is 7.17. The van der Waals surface area contributed by atoms with Gasteiger partial charge in [0.05, 0.1) is 11.9 Å². The monoisotopic (exact) mass is 303 g/mol. The molecule has 1 saturated carbocycles. The summed E-state index contributed by atoms with van der Waals surface area (Å²) in [4.78, 5) is 13.0. The first kappa shape index (κ1) is 15.2. The van der Waals surface area contributed by atoms with E-state index in [-0.39, 0.29) is 0 Å². The third-order valence-electron chi connectivity index (χ3n) is 4.86. The first-order chi connectivity index (χ1) is 10.4. The molecular formula is C16H25N5O. The van der Waals surface area contributed by atoms with Crippen LogP contribution in [0.5, 0.6) is 0 Å². The summed E-state index contributed by atoms with van der Waals surface area (Å²) < 4.78 is 1.99. The fourth-order valence-electron chi connectivity index (χ4n) is 3.06. The Kier molecular flexibility index (Phi) is 3.80. The van der Waals surface area contributed by atoms with Crippen molar-refractivity contribution in [3.8, 4) is 0 Å². The highest BCUT2D eigenvalue weighted by Crippen LogP contribution is 2.40. The van der Waals surface area contributed by atoms with Crippen molar-refractivity contribution in [2.75, 3.05) is 11.9 Å². The smallest absolute Gasteiger partial charge is 0.165 e. The summed E-state index contributed by atoms with van der Waals surface area (Å²) in [5, 5.41) is 14.0. The predicted molar refractivity (Wildman–Crippen MR) is 86.7 cm³/mol. The first-order valence-corrected chi connectivity index (χ1v) is 8.05. The molecule has 2 aromatic rings. The number of hydrogen-bond acceptors (Lipinski definition) is 5. The van der Waals surface area contributed by atoms with Gasteiger partial charge in [-0.15, -0.1) is 0 Å². The van der Waals surface area contributed by atoms with Gasteiger partial charge in [-0.2, -0.15) is 0 Å². The molecule has 2 heterocycles. The third kappa shape index (κ3) is 2.92. The lowest BCUT2D eigenvalue weighted by Crippen LogP contribution is -2.42. The minimum atomic E-state index is -0.653. The molecular weight excluding hydrogens is 278 g/mol. The van der Waals surface area contributed by atoms with Gasteiger partial charge in [0.1, 0.15) is 11.8 Å². The van der Waals surface area contributed by atoms with Gasteiger partial charge in [0.2, 0.25) is 0 Å². The quantitative estimate of drug-likeness (QED) is 0.908. The summed E-state index contributed by atoms with van der Waals surface area (Å²) in [7, 11) is 0. The fraction of sp³-hybridized carbons (Fsp3) is 0.688. The number of rotatable bonds is 4. The van der Waals surface area contributed by atoms with Crippen molar-refractivity contribution in [2.45, 2.75) is 58.6 Å². The molecule has 120 valence electrons. The van der Waals surface area contributed by atoms with Crippen LogP contribution in [0, 0.1) is 5.41 Å². The number of hydrogen-bond donors (Lipinski definition) is 2. The fourth-order valence-corrected chi connectivity index (χ4v) is 3.06. The number of nitrogens with zero attached hydrogens (tertiary/aromatic N) is 4. The van der Waals surface area contributed by atoms with Crippen LogP contribution in [0.2, 0.25) is 0 Å². The Morgan fingerprint density at radius 1 is 1.18 bits per heavy atom. The van der Waals surface area contributed by atoms with Crippen molar-refractivity contribution in [3.63, 3.8) is 0 Å². The maximum atomic E-state index is 10.8. The van der Waals surface area contributed by atoms with Crippen LogP contribution >= 0.6 is 0 Å². The van der Waals surface area contributed by atoms with Crippen molar-refractivity contribution < 1.29 is 5.11 Å². The number of nitrogens with one attached hydrogen (secondary N) is 1. The van der Waals surface area contributed by atoms with Crippen LogP contribution in [0.3, 0.4) is 0 Å². The zero-order valence-electron chi connectivity index (χ0n) is 13.6. The van der Waals surface area contributed by atoms with E-state index in [1.165, 1.54) is 0 Å². The Morgan fingerprint density at radius 2 is 1.91 bits per heavy atom. The summed E-state index contributed by atoms with van der Waals surface area (Å²) in [6.07, 6.45) is 7.08. The Morgan fingerprint density at radius 3 is 2.59 bits per heavy atom. The molecule has 1 aliphatic carbocycles. The normalized spacial score (nSPS) is 20.2. The molecule has 1 aliphatic rings. The highest BCUT2D eigenvalue weighted by molar-refractivity contribution is 5.82. The number of anilines is 1. The zero-order valence-corrected chi connectivity index (χ0v) is 13.6. The van der Waals surface area contributed by atoms with Crippen LogP contribution in [-0.4, -0.2) is 36.8 Å². The minimum Gasteiger partial charge on any atom is -0.388 e. The number of aliphatic hydroxyl groups is 1. The van der Waals surface area contributed by atoms with Crippen molar-refractivity contribution in [2.24, 2.45) is 5.41 Å². The van der Waals surface area contributed by atoms with Gasteiger partial charge >= 0.3 is 0 Å². The third-order valence-corrected chi connectivity index (χ3v) is 4.86. The van der Waals surface area contributed by atoms with E-state index in [9.17, 15) is 5.11 Å². The van der Waals surface area contributed by atoms with Crippen molar-refractivity contribution in [1.82, 2.24) is 19.5 Å². The Labute approximate surface area is 131 Å². The van der Waals surface area contributed by atoms with E-state index in [1.54, 1.807) is 12.7 Å². The number of aryl methyl sites for hydroxylation is 1. The lowest BCUT2D eigenvalue weighted by Gasteiger charge is -2.40. The number of aromatic nitrogens is 4. The molecule has 2 aromatic heterocycles. The Balaban J connectivity index is 1.73. The van der Waals surface area contributed by atoms with Crippen LogP contribution in [0.15, 0.2) is 12.7 Å². The van der Waals surface area contributed by atoms with Crippen LogP contribution < -0.4 is 5.32 Å². The highest BCUT2D eigenvalue weighted by atomic mass is 16.3. The standard InChI is InChI=1S/C16H25N5O/c1-4-21-11-20-12-13(18-10-19-14(12)21)17-9-16(22)7-5-15(2,3)6-8-16/h10-11,22H,4-9H2,1-3H3,(H,17,18,19). The summed E-state index contributed by atoms with van der Waals surface area (Å²) >= 11 is 0. The summed E-state index contributed by atoms with van der Waals surface area (Å²) in [5.74, 6) is 0.704. The van der Waals surface area contributed by atoms with Gasteiger partial charge in [-0.1, -0.05) is 13.8 Å². The van der Waals surface area contributed by atoms with Gasteiger partial charge in [0.15, 0.2) is 11.5 Å². The van der Waals surface area contributed by atoms with Crippen LogP contribution in [-0.2, 0) is 6.54 Å². The van der Waals surface area contributed by atoms with Gasteiger partial charge in [-0.05, 0) is 38.0 Å². The van der Waals surface area contributed by atoms with Gasteiger partial charge in [0.25, 0.3) is 0 Å². The molecule has 0 aliphatic heterocycles. The van der Waals surface area contributed by atoms with Gasteiger partial charge in [0, 0.05) is 13.1 Å². The van der Waals surface area contributed by atoms with Gasteiger partial charge in [-0.25, -0.2) is 15.0 Å². The van der Waals surface area contributed by atoms with Gasteiger partial charge < -0.3 is 15.0 Å². The van der Waals surface area contributed by atoms with E-state index < -0.39 is 5.60 Å². The molecule has 0 atom stereocenters. The molecule has 0 aromatic carbocycles. The topological polar surface area (TPSA) is 75.9 Å². The molecule has 0 radical (unpaired) electrons. The second kappa shape index (κ2) is 5.50. The predicted octanol–water partition coefficient (Wildman–Crippen LogP) is 2.59. The molecule has 0 saturated heterocycles. The largest absolute Gasteiger partial charge is 0.388 e. The van der Waals surface area contributed by atoms with Crippen LogP contribution in [0.25, 0.3) is 11.2 Å². The zero-order chi connectivity index (χ0) is 15.8. The lowest BCUT2D eigenvalue weighted by molar-refractivity contribution is -0.0145. The van der Waals surface area contributed by atoms with E-state index in [0.717, 1.165) is 43.4 Å². The summed E-state index contributed by atoms with van der Waals surface area (Å²) in [6.45, 7) is 7.93. The van der Waals surface area contributed by atoms with E-state index in [1.807, 2.05) is 4.57 Å². The highest BCUT2D eigenvalue weighted by Gasteiger charge is 2.36. The van der Waals surface area contributed by atoms with E-state index in [2.05, 4.69) is 41.0 Å². The molecule has 22 heavy (non-hydrogen) atoms. The average molecular weight is 303 g/mol. The van der Waals surface area contributed by atoms with Crippen LogP contribution in [0.1, 0.15) is 46.5 Å². The Hall–Kier alpha value is -1.69. The van der Waals surface area contributed by atoms with Gasteiger partial charge in [-0.3, -0.25) is 0 Å². The average Bonchev–Trinajstić information content (AvgIpc) is 2.92. The number of imidazole rings is 1. The maximum Gasteiger partial charge on any atom is 0.165 e. The molecule has 3 rings (SSSR count). The molecule has 2 N–H and O–H groups in total. The van der Waals surface area contributed by atoms with Crippen molar-refractivity contribution in [3.05, 3.63) is 12.7 Å². The number of fused-ring (bicyclic) bond motifs is 1. The van der Waals surface area contributed by atoms with Crippen molar-refractivity contribution >= 4 is 17.0 Å². The summed E-state index contributed by atoms with van der Waals surface area (Å²) in [5.41, 5.74) is 1.29. The van der Waals surface area contributed by atoms with E-state index in [4.69, 9.17) is 0 Å². The molecule has 0 amide bonds.